The third-order valence-corrected chi connectivity index (χ3v) is 4.06. The van der Waals surface area contributed by atoms with Gasteiger partial charge in [-0.15, -0.1) is 0 Å². The first kappa shape index (κ1) is 21.3. The normalized spacial score (nSPS) is 16.2. The van der Waals surface area contributed by atoms with Gasteiger partial charge in [-0.25, -0.2) is 0 Å². The van der Waals surface area contributed by atoms with Crippen molar-refractivity contribution in [2.75, 3.05) is 53.0 Å². The van der Waals surface area contributed by atoms with E-state index in [0.29, 0.717) is 19.1 Å². The number of hydrogen-bond donors (Lipinski definition) is 2. The van der Waals surface area contributed by atoms with E-state index in [-0.39, 0.29) is 6.54 Å². The van der Waals surface area contributed by atoms with Crippen LogP contribution in [-0.2, 0) is 11.3 Å². The number of rotatable bonds is 8. The van der Waals surface area contributed by atoms with E-state index in [1.807, 2.05) is 24.3 Å². The van der Waals surface area contributed by atoms with Crippen molar-refractivity contribution in [2.45, 2.75) is 19.1 Å². The minimum Gasteiger partial charge on any atom is -0.492 e. The van der Waals surface area contributed by atoms with Crippen LogP contribution >= 0.6 is 0 Å². The van der Waals surface area contributed by atoms with E-state index in [9.17, 15) is 13.2 Å². The Morgan fingerprint density at radius 1 is 1.26 bits per heavy atom. The van der Waals surface area contributed by atoms with E-state index < -0.39 is 12.6 Å². The third-order valence-electron chi connectivity index (χ3n) is 4.06. The minimum atomic E-state index is -4.18. The highest BCUT2D eigenvalue weighted by Crippen LogP contribution is 2.18. The van der Waals surface area contributed by atoms with Crippen LogP contribution in [0.5, 0.6) is 5.75 Å². The number of hydrogen-bond acceptors (Lipinski definition) is 4. The van der Waals surface area contributed by atoms with Crippen LogP contribution in [0.4, 0.5) is 13.2 Å². The molecule has 9 heteroatoms. The van der Waals surface area contributed by atoms with Gasteiger partial charge < -0.3 is 20.1 Å². The second-order valence-corrected chi connectivity index (χ2v) is 6.17. The molecule has 1 fully saturated rings. The van der Waals surface area contributed by atoms with Crippen molar-refractivity contribution in [2.24, 2.45) is 4.99 Å². The summed E-state index contributed by atoms with van der Waals surface area (Å²) in [4.78, 5) is 6.22. The van der Waals surface area contributed by atoms with Crippen molar-refractivity contribution >= 4 is 5.96 Å². The molecule has 1 heterocycles. The van der Waals surface area contributed by atoms with Gasteiger partial charge in [-0.05, 0) is 17.7 Å². The van der Waals surface area contributed by atoms with Gasteiger partial charge in [0, 0.05) is 39.8 Å². The van der Waals surface area contributed by atoms with Gasteiger partial charge in [-0.1, -0.05) is 12.1 Å². The lowest BCUT2D eigenvalue weighted by atomic mass is 10.2. The summed E-state index contributed by atoms with van der Waals surface area (Å²) in [5, 5.41) is 5.65. The van der Waals surface area contributed by atoms with Crippen molar-refractivity contribution in [3.8, 4) is 5.75 Å². The number of aliphatic imine (C=N–C) groups is 1. The van der Waals surface area contributed by atoms with Crippen LogP contribution in [0.3, 0.4) is 0 Å². The van der Waals surface area contributed by atoms with E-state index in [2.05, 4.69) is 20.5 Å². The lowest BCUT2D eigenvalue weighted by Gasteiger charge is -2.26. The standard InChI is InChI=1S/C18H27F3N4O2/c1-22-17(23-6-5-18(19,20)21)24-14-15-3-2-4-16(13-15)27-12-9-25-7-10-26-11-8-25/h2-4,13H,5-12,14H2,1H3,(H2,22,23,24). The Bertz CT molecular complexity index is 590. The molecule has 0 radical (unpaired) electrons. The van der Waals surface area contributed by atoms with Gasteiger partial charge in [0.15, 0.2) is 5.96 Å². The first-order valence-corrected chi connectivity index (χ1v) is 8.99. The number of halogens is 3. The molecule has 2 rings (SSSR count). The third kappa shape index (κ3) is 8.96. The number of ether oxygens (including phenoxy) is 2. The Balaban J connectivity index is 1.72. The Labute approximate surface area is 157 Å². The highest BCUT2D eigenvalue weighted by atomic mass is 19.4. The van der Waals surface area contributed by atoms with Crippen LogP contribution in [0.25, 0.3) is 0 Å². The zero-order valence-corrected chi connectivity index (χ0v) is 15.5. The SMILES string of the molecule is CN=C(NCCC(F)(F)F)NCc1cccc(OCCN2CCOCC2)c1. The van der Waals surface area contributed by atoms with Gasteiger partial charge >= 0.3 is 6.18 Å². The van der Waals surface area contributed by atoms with Crippen LogP contribution < -0.4 is 15.4 Å². The topological polar surface area (TPSA) is 58.1 Å². The number of benzene rings is 1. The van der Waals surface area contributed by atoms with Crippen molar-refractivity contribution in [3.05, 3.63) is 29.8 Å². The average Bonchev–Trinajstić information content (AvgIpc) is 2.65. The van der Waals surface area contributed by atoms with Gasteiger partial charge in [0.25, 0.3) is 0 Å². The maximum Gasteiger partial charge on any atom is 0.390 e. The first-order valence-electron chi connectivity index (χ1n) is 8.99. The molecule has 1 aromatic rings. The summed E-state index contributed by atoms with van der Waals surface area (Å²) >= 11 is 0. The maximum absolute atomic E-state index is 12.2. The van der Waals surface area contributed by atoms with Crippen LogP contribution in [0.2, 0.25) is 0 Å². The van der Waals surface area contributed by atoms with Crippen molar-refractivity contribution in [1.82, 2.24) is 15.5 Å². The molecule has 1 aliphatic heterocycles. The molecule has 0 unspecified atom stereocenters. The largest absolute Gasteiger partial charge is 0.492 e. The summed E-state index contributed by atoms with van der Waals surface area (Å²) in [5.74, 6) is 1.10. The molecule has 2 N–H and O–H groups in total. The van der Waals surface area contributed by atoms with E-state index in [4.69, 9.17) is 9.47 Å². The predicted molar refractivity (Wildman–Crippen MR) is 98.1 cm³/mol. The maximum atomic E-state index is 12.2. The Morgan fingerprint density at radius 2 is 2.04 bits per heavy atom. The van der Waals surface area contributed by atoms with Crippen LogP contribution in [0.1, 0.15) is 12.0 Å². The highest BCUT2D eigenvalue weighted by Gasteiger charge is 2.26. The van der Waals surface area contributed by atoms with E-state index in [0.717, 1.165) is 44.2 Å². The Kier molecular flexibility index (Phi) is 8.66. The quantitative estimate of drug-likeness (QED) is 0.527. The number of morpholine rings is 1. The summed E-state index contributed by atoms with van der Waals surface area (Å²) in [6.07, 6.45) is -5.08. The molecule has 0 saturated carbocycles. The van der Waals surface area contributed by atoms with Crippen molar-refractivity contribution < 1.29 is 22.6 Å². The van der Waals surface area contributed by atoms with Crippen molar-refractivity contribution in [1.29, 1.82) is 0 Å². The van der Waals surface area contributed by atoms with Crippen LogP contribution in [-0.4, -0.2) is 70.1 Å². The second kappa shape index (κ2) is 11.0. The van der Waals surface area contributed by atoms with E-state index in [1.54, 1.807) is 0 Å². The number of nitrogens with zero attached hydrogens (tertiary/aromatic N) is 2. The molecule has 0 spiro atoms. The molecule has 6 nitrogen and oxygen atoms in total. The number of nitrogens with one attached hydrogen (secondary N) is 2. The zero-order valence-electron chi connectivity index (χ0n) is 15.5. The molecule has 1 aromatic carbocycles. The molecule has 0 aliphatic carbocycles. The molecule has 27 heavy (non-hydrogen) atoms. The van der Waals surface area contributed by atoms with Gasteiger partial charge in [0.2, 0.25) is 0 Å². The van der Waals surface area contributed by atoms with Crippen molar-refractivity contribution in [3.63, 3.8) is 0 Å². The fraction of sp³-hybridized carbons (Fsp3) is 0.611. The lowest BCUT2D eigenvalue weighted by molar-refractivity contribution is -0.132. The van der Waals surface area contributed by atoms with E-state index >= 15 is 0 Å². The molecular weight excluding hydrogens is 361 g/mol. The van der Waals surface area contributed by atoms with Crippen LogP contribution in [0.15, 0.2) is 29.3 Å². The summed E-state index contributed by atoms with van der Waals surface area (Å²) < 4.78 is 47.7. The number of alkyl halides is 3. The zero-order chi connectivity index (χ0) is 19.5. The van der Waals surface area contributed by atoms with Crippen LogP contribution in [0, 0.1) is 0 Å². The fourth-order valence-electron chi connectivity index (χ4n) is 2.59. The van der Waals surface area contributed by atoms with Gasteiger partial charge in [0.1, 0.15) is 12.4 Å². The Morgan fingerprint density at radius 3 is 2.74 bits per heavy atom. The summed E-state index contributed by atoms with van der Waals surface area (Å²) in [6.45, 7) is 5.04. The highest BCUT2D eigenvalue weighted by molar-refractivity contribution is 5.79. The summed E-state index contributed by atoms with van der Waals surface area (Å²) in [5.41, 5.74) is 0.956. The smallest absolute Gasteiger partial charge is 0.390 e. The molecule has 1 aliphatic rings. The molecule has 0 atom stereocenters. The Hall–Kier alpha value is -2.00. The van der Waals surface area contributed by atoms with Gasteiger partial charge in [-0.2, -0.15) is 13.2 Å². The average molecular weight is 388 g/mol. The molecular formula is C18H27F3N4O2. The van der Waals surface area contributed by atoms with Gasteiger partial charge in [-0.3, -0.25) is 9.89 Å². The van der Waals surface area contributed by atoms with Gasteiger partial charge in [0.05, 0.1) is 19.6 Å². The lowest BCUT2D eigenvalue weighted by Crippen LogP contribution is -2.38. The molecule has 0 aromatic heterocycles. The first-order chi connectivity index (χ1) is 13.0. The fourth-order valence-corrected chi connectivity index (χ4v) is 2.59. The second-order valence-electron chi connectivity index (χ2n) is 6.17. The summed E-state index contributed by atoms with van der Waals surface area (Å²) in [6, 6.07) is 7.61. The molecule has 0 amide bonds. The monoisotopic (exact) mass is 388 g/mol. The predicted octanol–water partition coefficient (Wildman–Crippen LogP) is 2.01. The van der Waals surface area contributed by atoms with E-state index in [1.165, 1.54) is 7.05 Å². The molecule has 0 bridgehead atoms. The minimum absolute atomic E-state index is 0.214. The number of guanidine groups is 1. The molecule has 1 saturated heterocycles. The molecule has 152 valence electrons. The summed E-state index contributed by atoms with van der Waals surface area (Å²) in [7, 11) is 1.52.